The number of rotatable bonds is 5. The van der Waals surface area contributed by atoms with Crippen LogP contribution in [0.2, 0.25) is 0 Å². The fourth-order valence-corrected chi connectivity index (χ4v) is 3.97. The van der Waals surface area contributed by atoms with Gasteiger partial charge in [0.1, 0.15) is 5.82 Å². The number of aliphatic hydroxyl groups is 1. The Balaban J connectivity index is 2.59. The largest absolute Gasteiger partial charge is 0.395 e. The molecule has 0 saturated heterocycles. The van der Waals surface area contributed by atoms with Crippen LogP contribution in [0.5, 0.6) is 0 Å². The molecule has 5 nitrogen and oxygen atoms in total. The molecule has 0 aliphatic rings. The van der Waals surface area contributed by atoms with E-state index in [0.29, 0.717) is 5.56 Å². The van der Waals surface area contributed by atoms with Crippen molar-refractivity contribution in [2.45, 2.75) is 42.1 Å². The maximum Gasteiger partial charge on any atom is 0.208 e. The Morgan fingerprint density at radius 3 is 2.32 bits per heavy atom. The van der Waals surface area contributed by atoms with Gasteiger partial charge in [0.05, 0.1) is 28.1 Å². The van der Waals surface area contributed by atoms with Crippen LogP contribution in [0.15, 0.2) is 52.3 Å². The van der Waals surface area contributed by atoms with E-state index in [1.165, 1.54) is 18.2 Å². The lowest BCUT2D eigenvalue weighted by Crippen LogP contribution is -2.40. The van der Waals surface area contributed by atoms with Crippen LogP contribution in [0.3, 0.4) is 0 Å². The molecular weight excluding hydrogens is 343 g/mol. The number of nitrogens with two attached hydrogens (primary N) is 1. The second kappa shape index (κ2) is 7.11. The fourth-order valence-electron chi connectivity index (χ4n) is 2.52. The SMILES string of the molecule is CC(C)(C)NC(CO)c1cc(F)c(N)c(S(=O)(=O)c2ccccc2)c1. The van der Waals surface area contributed by atoms with Crippen LogP contribution in [-0.2, 0) is 9.84 Å². The van der Waals surface area contributed by atoms with Gasteiger partial charge in [-0.1, -0.05) is 18.2 Å². The van der Waals surface area contributed by atoms with Crippen LogP contribution >= 0.6 is 0 Å². The second-order valence-electron chi connectivity index (χ2n) is 6.86. The quantitative estimate of drug-likeness (QED) is 0.708. The minimum atomic E-state index is -3.97. The third kappa shape index (κ3) is 4.36. The third-order valence-electron chi connectivity index (χ3n) is 3.65. The highest BCUT2D eigenvalue weighted by molar-refractivity contribution is 7.91. The Hall–Kier alpha value is -1.96. The van der Waals surface area contributed by atoms with Crippen molar-refractivity contribution in [3.8, 4) is 0 Å². The molecule has 1 atom stereocenters. The Morgan fingerprint density at radius 2 is 1.80 bits per heavy atom. The van der Waals surface area contributed by atoms with Gasteiger partial charge >= 0.3 is 0 Å². The predicted octanol–water partition coefficient (Wildman–Crippen LogP) is 2.66. The van der Waals surface area contributed by atoms with Gasteiger partial charge in [0.2, 0.25) is 9.84 Å². The van der Waals surface area contributed by atoms with Crippen LogP contribution < -0.4 is 11.1 Å². The molecule has 0 heterocycles. The number of halogens is 1. The van der Waals surface area contributed by atoms with Crippen molar-refractivity contribution >= 4 is 15.5 Å². The first kappa shape index (κ1) is 19.4. The van der Waals surface area contributed by atoms with Gasteiger partial charge in [-0.25, -0.2) is 12.8 Å². The number of benzene rings is 2. The summed E-state index contributed by atoms with van der Waals surface area (Å²) in [5.41, 5.74) is 5.24. The van der Waals surface area contributed by atoms with Gasteiger partial charge in [-0.15, -0.1) is 0 Å². The zero-order valence-electron chi connectivity index (χ0n) is 14.5. The molecule has 136 valence electrons. The molecule has 0 saturated carbocycles. The standard InChI is InChI=1S/C18H23FN2O3S/c1-18(2,3)21-15(11-22)12-9-14(19)17(20)16(10-12)25(23,24)13-7-5-4-6-8-13/h4-10,15,21-22H,11,20H2,1-3H3. The van der Waals surface area contributed by atoms with Crippen LogP contribution in [0.25, 0.3) is 0 Å². The molecular formula is C18H23FN2O3S. The Labute approximate surface area is 147 Å². The van der Waals surface area contributed by atoms with Crippen molar-refractivity contribution in [1.29, 1.82) is 0 Å². The predicted molar refractivity (Wildman–Crippen MR) is 95.4 cm³/mol. The summed E-state index contributed by atoms with van der Waals surface area (Å²) in [4.78, 5) is -0.273. The molecule has 0 aromatic heterocycles. The summed E-state index contributed by atoms with van der Waals surface area (Å²) in [5, 5.41) is 12.8. The van der Waals surface area contributed by atoms with Crippen LogP contribution in [0, 0.1) is 5.82 Å². The second-order valence-corrected chi connectivity index (χ2v) is 8.78. The van der Waals surface area contributed by atoms with Gasteiger partial charge in [0.15, 0.2) is 0 Å². The molecule has 0 spiro atoms. The summed E-state index contributed by atoms with van der Waals surface area (Å²) in [6, 6.07) is 9.56. The van der Waals surface area contributed by atoms with Gasteiger partial charge in [-0.2, -0.15) is 0 Å². The minimum Gasteiger partial charge on any atom is -0.395 e. The first-order valence-electron chi connectivity index (χ1n) is 7.84. The lowest BCUT2D eigenvalue weighted by atomic mass is 10.0. The van der Waals surface area contributed by atoms with Crippen molar-refractivity contribution in [2.24, 2.45) is 0 Å². The molecule has 0 fully saturated rings. The number of anilines is 1. The Morgan fingerprint density at radius 1 is 1.20 bits per heavy atom. The molecule has 25 heavy (non-hydrogen) atoms. The van der Waals surface area contributed by atoms with Crippen LogP contribution in [0.1, 0.15) is 32.4 Å². The van der Waals surface area contributed by atoms with Gasteiger partial charge in [-0.3, -0.25) is 0 Å². The highest BCUT2D eigenvalue weighted by atomic mass is 32.2. The maximum atomic E-state index is 14.3. The van der Waals surface area contributed by atoms with Crippen molar-refractivity contribution in [2.75, 3.05) is 12.3 Å². The van der Waals surface area contributed by atoms with E-state index in [0.717, 1.165) is 6.07 Å². The van der Waals surface area contributed by atoms with Gasteiger partial charge < -0.3 is 16.2 Å². The lowest BCUT2D eigenvalue weighted by Gasteiger charge is -2.28. The molecule has 2 rings (SSSR count). The molecule has 2 aromatic carbocycles. The van der Waals surface area contributed by atoms with E-state index >= 15 is 0 Å². The third-order valence-corrected chi connectivity index (χ3v) is 5.46. The molecule has 0 amide bonds. The van der Waals surface area contributed by atoms with Crippen LogP contribution in [-0.4, -0.2) is 25.7 Å². The number of nitrogens with one attached hydrogen (secondary N) is 1. The molecule has 1 unspecified atom stereocenters. The van der Waals surface area contributed by atoms with Gasteiger partial charge in [-0.05, 0) is 50.6 Å². The van der Waals surface area contributed by atoms with Crippen molar-refractivity contribution in [1.82, 2.24) is 5.32 Å². The monoisotopic (exact) mass is 366 g/mol. The molecule has 0 aliphatic carbocycles. The summed E-state index contributed by atoms with van der Waals surface area (Å²) >= 11 is 0. The van der Waals surface area contributed by atoms with Gasteiger partial charge in [0.25, 0.3) is 0 Å². The summed E-state index contributed by atoms with van der Waals surface area (Å²) in [7, 11) is -3.97. The van der Waals surface area contributed by atoms with E-state index in [4.69, 9.17) is 5.73 Å². The number of hydrogen-bond donors (Lipinski definition) is 3. The van der Waals surface area contributed by atoms with Crippen molar-refractivity contribution < 1.29 is 17.9 Å². The first-order chi connectivity index (χ1) is 11.6. The molecule has 0 aliphatic heterocycles. The zero-order valence-corrected chi connectivity index (χ0v) is 15.3. The molecule has 0 bridgehead atoms. The van der Waals surface area contributed by atoms with E-state index in [1.807, 2.05) is 20.8 Å². The number of sulfone groups is 1. The number of nitrogen functional groups attached to an aromatic ring is 1. The average molecular weight is 366 g/mol. The minimum absolute atomic E-state index is 0.0302. The number of aliphatic hydroxyl groups excluding tert-OH is 1. The number of hydrogen-bond acceptors (Lipinski definition) is 5. The first-order valence-corrected chi connectivity index (χ1v) is 9.32. The molecule has 7 heteroatoms. The van der Waals surface area contributed by atoms with E-state index in [-0.39, 0.29) is 21.9 Å². The summed E-state index contributed by atoms with van der Waals surface area (Å²) < 4.78 is 40.0. The summed E-state index contributed by atoms with van der Waals surface area (Å²) in [6.07, 6.45) is 0. The fraction of sp³-hybridized carbons (Fsp3) is 0.333. The van der Waals surface area contributed by atoms with Crippen molar-refractivity contribution in [3.05, 3.63) is 53.8 Å². The van der Waals surface area contributed by atoms with E-state index in [9.17, 15) is 17.9 Å². The highest BCUT2D eigenvalue weighted by Gasteiger charge is 2.26. The highest BCUT2D eigenvalue weighted by Crippen LogP contribution is 2.31. The van der Waals surface area contributed by atoms with Crippen molar-refractivity contribution in [3.63, 3.8) is 0 Å². The lowest BCUT2D eigenvalue weighted by molar-refractivity contribution is 0.217. The normalized spacial score (nSPS) is 13.6. The zero-order chi connectivity index (χ0) is 18.8. The van der Waals surface area contributed by atoms with E-state index < -0.39 is 27.4 Å². The molecule has 2 aromatic rings. The maximum absolute atomic E-state index is 14.3. The summed E-state index contributed by atoms with van der Waals surface area (Å²) in [5.74, 6) is -0.832. The van der Waals surface area contributed by atoms with E-state index in [2.05, 4.69) is 5.32 Å². The van der Waals surface area contributed by atoms with Crippen LogP contribution in [0.4, 0.5) is 10.1 Å². The van der Waals surface area contributed by atoms with E-state index in [1.54, 1.807) is 18.2 Å². The average Bonchev–Trinajstić information content (AvgIpc) is 2.55. The topological polar surface area (TPSA) is 92.4 Å². The Bertz CT molecular complexity index is 847. The molecule has 0 radical (unpaired) electrons. The molecule has 4 N–H and O–H groups in total. The Kier molecular flexibility index (Phi) is 5.51. The smallest absolute Gasteiger partial charge is 0.208 e. The summed E-state index contributed by atoms with van der Waals surface area (Å²) in [6.45, 7) is 5.37. The van der Waals surface area contributed by atoms with Gasteiger partial charge in [0, 0.05) is 5.54 Å².